The Balaban J connectivity index is 2.03. The summed E-state index contributed by atoms with van der Waals surface area (Å²) in [4.78, 5) is 12.4. The smallest absolute Gasteiger partial charge is 0.167 e. The zero-order valence-corrected chi connectivity index (χ0v) is 11.4. The van der Waals surface area contributed by atoms with Crippen molar-refractivity contribution in [1.29, 1.82) is 0 Å². The molecular formula is C11H14ClN5O3. The summed E-state index contributed by atoms with van der Waals surface area (Å²) in [5.41, 5.74) is 1.07. The van der Waals surface area contributed by atoms with Gasteiger partial charge in [-0.3, -0.25) is 4.57 Å². The predicted molar refractivity (Wildman–Crippen MR) is 71.5 cm³/mol. The molecule has 2 aromatic rings. The lowest BCUT2D eigenvalue weighted by Crippen LogP contribution is -2.32. The van der Waals surface area contributed by atoms with Crippen LogP contribution in [0.4, 0.5) is 5.82 Å². The quantitative estimate of drug-likeness (QED) is 0.670. The molecule has 0 unspecified atom stereocenters. The fraction of sp³-hybridized carbons (Fsp3) is 0.545. The molecular weight excluding hydrogens is 286 g/mol. The minimum Gasteiger partial charge on any atom is -0.387 e. The summed E-state index contributed by atoms with van der Waals surface area (Å²) in [6, 6.07) is 0. The minimum absolute atomic E-state index is 0.0953. The standard InChI is InChI=1S/C11H14ClN5O3/c1-13-9-6-10(15-3-14-9)17(4-16-6)11-8(19)7(18)5(2-12)20-11/h3-5,7-8,11,18-19H,2H2,1H3,(H,13,14,15)/t5-,7-,8-,11-/m1/s1. The second-order valence-corrected chi connectivity index (χ2v) is 4.81. The molecule has 0 aliphatic carbocycles. The fourth-order valence-corrected chi connectivity index (χ4v) is 2.56. The molecule has 108 valence electrons. The van der Waals surface area contributed by atoms with Crippen LogP contribution >= 0.6 is 11.6 Å². The van der Waals surface area contributed by atoms with Gasteiger partial charge in [0.25, 0.3) is 0 Å². The van der Waals surface area contributed by atoms with Gasteiger partial charge in [0.2, 0.25) is 0 Å². The third-order valence-electron chi connectivity index (χ3n) is 3.36. The van der Waals surface area contributed by atoms with E-state index >= 15 is 0 Å². The van der Waals surface area contributed by atoms with Crippen molar-refractivity contribution in [3.05, 3.63) is 12.7 Å². The molecule has 1 saturated heterocycles. The van der Waals surface area contributed by atoms with Crippen molar-refractivity contribution >= 4 is 28.6 Å². The first-order chi connectivity index (χ1) is 9.67. The number of alkyl halides is 1. The minimum atomic E-state index is -1.09. The summed E-state index contributed by atoms with van der Waals surface area (Å²) in [5, 5.41) is 22.8. The lowest BCUT2D eigenvalue weighted by molar-refractivity contribution is -0.0291. The van der Waals surface area contributed by atoms with Crippen molar-refractivity contribution < 1.29 is 14.9 Å². The van der Waals surface area contributed by atoms with Crippen LogP contribution in [0, 0.1) is 0 Å². The molecule has 4 atom stereocenters. The Labute approximate surface area is 119 Å². The summed E-state index contributed by atoms with van der Waals surface area (Å²) in [5.74, 6) is 0.675. The van der Waals surface area contributed by atoms with E-state index in [0.29, 0.717) is 17.0 Å². The number of aliphatic hydroxyl groups is 2. The molecule has 1 aliphatic rings. The Morgan fingerprint density at radius 3 is 2.80 bits per heavy atom. The lowest BCUT2D eigenvalue weighted by Gasteiger charge is -2.16. The zero-order valence-electron chi connectivity index (χ0n) is 10.6. The van der Waals surface area contributed by atoms with Gasteiger partial charge in [0, 0.05) is 7.05 Å². The summed E-state index contributed by atoms with van der Waals surface area (Å²) in [6.45, 7) is 0. The Morgan fingerprint density at radius 1 is 1.35 bits per heavy atom. The molecule has 0 aromatic carbocycles. The van der Waals surface area contributed by atoms with Crippen LogP contribution in [0.15, 0.2) is 12.7 Å². The monoisotopic (exact) mass is 299 g/mol. The molecule has 3 N–H and O–H groups in total. The number of anilines is 1. The number of nitrogens with zero attached hydrogens (tertiary/aromatic N) is 4. The van der Waals surface area contributed by atoms with Crippen molar-refractivity contribution in [3.63, 3.8) is 0 Å². The van der Waals surface area contributed by atoms with Gasteiger partial charge in [-0.2, -0.15) is 0 Å². The van der Waals surface area contributed by atoms with Crippen LogP contribution in [0.3, 0.4) is 0 Å². The Kier molecular flexibility index (Phi) is 3.47. The van der Waals surface area contributed by atoms with Crippen molar-refractivity contribution in [3.8, 4) is 0 Å². The summed E-state index contributed by atoms with van der Waals surface area (Å²) >= 11 is 5.70. The first-order valence-electron chi connectivity index (χ1n) is 6.10. The Hall–Kier alpha value is -1.48. The number of rotatable bonds is 3. The van der Waals surface area contributed by atoms with E-state index in [-0.39, 0.29) is 5.88 Å². The average Bonchev–Trinajstić information content (AvgIpc) is 3.01. The van der Waals surface area contributed by atoms with Gasteiger partial charge >= 0.3 is 0 Å². The number of aliphatic hydroxyl groups excluding tert-OH is 2. The number of ether oxygens (including phenoxy) is 1. The molecule has 8 nitrogen and oxygen atoms in total. The number of aromatic nitrogens is 4. The first kappa shape index (κ1) is 13.5. The number of fused-ring (bicyclic) bond motifs is 1. The van der Waals surface area contributed by atoms with Crippen LogP contribution in [0.2, 0.25) is 0 Å². The van der Waals surface area contributed by atoms with Crippen molar-refractivity contribution in [2.75, 3.05) is 18.2 Å². The van der Waals surface area contributed by atoms with E-state index in [4.69, 9.17) is 16.3 Å². The maximum atomic E-state index is 10.1. The van der Waals surface area contributed by atoms with Crippen LogP contribution in [-0.2, 0) is 4.74 Å². The lowest BCUT2D eigenvalue weighted by atomic mass is 10.1. The van der Waals surface area contributed by atoms with E-state index in [1.165, 1.54) is 12.7 Å². The predicted octanol–water partition coefficient (Wildman–Crippen LogP) is -0.274. The third-order valence-corrected chi connectivity index (χ3v) is 3.66. The number of imidazole rings is 1. The SMILES string of the molecule is CNc1ncnc2c1ncn2[C@@H]1O[C@H](CCl)[C@@H](O)[C@H]1O. The maximum Gasteiger partial charge on any atom is 0.167 e. The highest BCUT2D eigenvalue weighted by Gasteiger charge is 2.43. The number of nitrogens with one attached hydrogen (secondary N) is 1. The van der Waals surface area contributed by atoms with Crippen molar-refractivity contribution in [2.24, 2.45) is 0 Å². The van der Waals surface area contributed by atoms with E-state index in [0.717, 1.165) is 0 Å². The summed E-state index contributed by atoms with van der Waals surface area (Å²) < 4.78 is 7.14. The highest BCUT2D eigenvalue weighted by Crippen LogP contribution is 2.32. The van der Waals surface area contributed by atoms with Gasteiger partial charge in [0.1, 0.15) is 30.2 Å². The first-order valence-corrected chi connectivity index (χ1v) is 6.63. The van der Waals surface area contributed by atoms with E-state index in [1.807, 2.05) is 0 Å². The second-order valence-electron chi connectivity index (χ2n) is 4.50. The van der Waals surface area contributed by atoms with Crippen LogP contribution in [0.1, 0.15) is 6.23 Å². The van der Waals surface area contributed by atoms with Gasteiger partial charge < -0.3 is 20.3 Å². The molecule has 3 rings (SSSR count). The molecule has 0 amide bonds. The highest BCUT2D eigenvalue weighted by atomic mass is 35.5. The van der Waals surface area contributed by atoms with Gasteiger partial charge in [-0.1, -0.05) is 0 Å². The summed E-state index contributed by atoms with van der Waals surface area (Å²) in [7, 11) is 1.73. The molecule has 20 heavy (non-hydrogen) atoms. The number of halogens is 1. The van der Waals surface area contributed by atoms with E-state index in [9.17, 15) is 10.2 Å². The highest BCUT2D eigenvalue weighted by molar-refractivity contribution is 6.18. The van der Waals surface area contributed by atoms with Crippen LogP contribution < -0.4 is 5.32 Å². The van der Waals surface area contributed by atoms with Gasteiger partial charge in [0.05, 0.1) is 12.2 Å². The second kappa shape index (κ2) is 5.13. The fourth-order valence-electron chi connectivity index (χ4n) is 2.31. The van der Waals surface area contributed by atoms with Gasteiger partial charge in [0.15, 0.2) is 17.7 Å². The Bertz CT molecular complexity index is 621. The molecule has 9 heteroatoms. The summed E-state index contributed by atoms with van der Waals surface area (Å²) in [6.07, 6.45) is -0.650. The van der Waals surface area contributed by atoms with Crippen LogP contribution in [0.5, 0.6) is 0 Å². The van der Waals surface area contributed by atoms with Crippen molar-refractivity contribution in [2.45, 2.75) is 24.5 Å². The maximum absolute atomic E-state index is 10.1. The largest absolute Gasteiger partial charge is 0.387 e. The molecule has 3 heterocycles. The molecule has 1 aliphatic heterocycles. The van der Waals surface area contributed by atoms with Crippen LogP contribution in [0.25, 0.3) is 11.2 Å². The third kappa shape index (κ3) is 1.92. The number of hydrogen-bond acceptors (Lipinski definition) is 7. The van der Waals surface area contributed by atoms with Crippen LogP contribution in [-0.4, -0.2) is 61.0 Å². The average molecular weight is 300 g/mol. The molecule has 0 saturated carbocycles. The molecule has 0 spiro atoms. The van der Waals surface area contributed by atoms with Gasteiger partial charge in [-0.05, 0) is 0 Å². The molecule has 2 aromatic heterocycles. The molecule has 0 bridgehead atoms. The van der Waals surface area contributed by atoms with E-state index in [1.54, 1.807) is 11.6 Å². The van der Waals surface area contributed by atoms with Gasteiger partial charge in [-0.15, -0.1) is 11.6 Å². The van der Waals surface area contributed by atoms with Crippen molar-refractivity contribution in [1.82, 2.24) is 19.5 Å². The van der Waals surface area contributed by atoms with E-state index < -0.39 is 24.5 Å². The van der Waals surface area contributed by atoms with Gasteiger partial charge in [-0.25, -0.2) is 15.0 Å². The molecule has 1 fully saturated rings. The Morgan fingerprint density at radius 2 is 2.15 bits per heavy atom. The zero-order chi connectivity index (χ0) is 14.3. The number of hydrogen-bond donors (Lipinski definition) is 3. The normalized spacial score (nSPS) is 30.0. The molecule has 0 radical (unpaired) electrons. The van der Waals surface area contributed by atoms with E-state index in [2.05, 4.69) is 20.3 Å². The topological polar surface area (TPSA) is 105 Å².